The number of nitrogens with one attached hydrogen (secondary N) is 1. The molecule has 1 aromatic rings. The van der Waals surface area contributed by atoms with Gasteiger partial charge in [0, 0.05) is 12.7 Å². The van der Waals surface area contributed by atoms with Gasteiger partial charge < -0.3 is 10.6 Å². The van der Waals surface area contributed by atoms with Crippen LogP contribution in [-0.4, -0.2) is 45.5 Å². The number of hydrogen-bond acceptors (Lipinski definition) is 5. The molecule has 0 amide bonds. The number of rotatable bonds is 7. The molecule has 18 heavy (non-hydrogen) atoms. The van der Waals surface area contributed by atoms with Gasteiger partial charge in [-0.3, -0.25) is 0 Å². The number of hydrogen-bond donors (Lipinski definition) is 2. The minimum atomic E-state index is -3.54. The first kappa shape index (κ1) is 14.9. The Kier molecular flexibility index (Phi) is 5.52. The molecule has 0 aliphatic rings. The maximum absolute atomic E-state index is 11.9. The van der Waals surface area contributed by atoms with Gasteiger partial charge in [0.1, 0.15) is 10.7 Å². The number of sulfonamides is 1. The van der Waals surface area contributed by atoms with Crippen molar-refractivity contribution in [3.05, 3.63) is 18.3 Å². The van der Waals surface area contributed by atoms with E-state index in [0.29, 0.717) is 6.54 Å². The monoisotopic (exact) mass is 272 g/mol. The Bertz CT molecular complexity index is 474. The Morgan fingerprint density at radius 1 is 1.39 bits per heavy atom. The van der Waals surface area contributed by atoms with Crippen LogP contribution in [0.25, 0.3) is 0 Å². The fourth-order valence-electron chi connectivity index (χ4n) is 1.47. The molecule has 0 aliphatic heterocycles. The molecule has 0 saturated carbocycles. The summed E-state index contributed by atoms with van der Waals surface area (Å²) in [4.78, 5) is 5.87. The molecule has 0 aliphatic carbocycles. The first-order chi connectivity index (χ1) is 8.43. The molecule has 3 N–H and O–H groups in total. The molecule has 0 bridgehead atoms. The molecule has 0 unspecified atom stereocenters. The van der Waals surface area contributed by atoms with E-state index in [4.69, 9.17) is 5.73 Å². The Morgan fingerprint density at radius 2 is 2.11 bits per heavy atom. The third kappa shape index (κ3) is 4.59. The van der Waals surface area contributed by atoms with Crippen LogP contribution in [-0.2, 0) is 10.0 Å². The number of nitrogen functional groups attached to an aromatic ring is 1. The predicted octanol–water partition coefficient (Wildman–Crippen LogP) is 0.284. The lowest BCUT2D eigenvalue weighted by molar-refractivity contribution is 0.394. The van der Waals surface area contributed by atoms with E-state index in [0.717, 1.165) is 19.4 Å². The lowest BCUT2D eigenvalue weighted by Crippen LogP contribution is -2.26. The predicted molar refractivity (Wildman–Crippen MR) is 71.6 cm³/mol. The summed E-state index contributed by atoms with van der Waals surface area (Å²) in [5, 5.41) is 0. The molecule has 1 heterocycles. The average Bonchev–Trinajstić information content (AvgIpc) is 2.28. The first-order valence-electron chi connectivity index (χ1n) is 5.78. The van der Waals surface area contributed by atoms with Crippen molar-refractivity contribution in [3.8, 4) is 0 Å². The molecular formula is C11H20N4O2S. The van der Waals surface area contributed by atoms with Gasteiger partial charge in [0.2, 0.25) is 10.0 Å². The second kappa shape index (κ2) is 6.67. The molecule has 0 atom stereocenters. The third-order valence-corrected chi connectivity index (χ3v) is 3.92. The summed E-state index contributed by atoms with van der Waals surface area (Å²) in [7, 11) is 0.430. The van der Waals surface area contributed by atoms with Crippen LogP contribution in [0.2, 0.25) is 0 Å². The van der Waals surface area contributed by atoms with Crippen molar-refractivity contribution in [1.29, 1.82) is 0 Å². The smallest absolute Gasteiger partial charge is 0.244 e. The third-order valence-electron chi connectivity index (χ3n) is 2.41. The highest BCUT2D eigenvalue weighted by Crippen LogP contribution is 2.13. The number of pyridine rings is 1. The topological polar surface area (TPSA) is 88.3 Å². The van der Waals surface area contributed by atoms with E-state index < -0.39 is 10.0 Å². The average molecular weight is 272 g/mol. The lowest BCUT2D eigenvalue weighted by atomic mass is 10.3. The zero-order valence-electron chi connectivity index (χ0n) is 10.8. The summed E-state index contributed by atoms with van der Waals surface area (Å²) in [6.07, 6.45) is 3.20. The van der Waals surface area contributed by atoms with Crippen molar-refractivity contribution in [2.24, 2.45) is 0 Å². The summed E-state index contributed by atoms with van der Waals surface area (Å²) in [6.45, 7) is 1.35. The highest BCUT2D eigenvalue weighted by Gasteiger charge is 2.16. The van der Waals surface area contributed by atoms with Crippen LogP contribution in [0.4, 0.5) is 5.82 Å². The Hall–Kier alpha value is -1.18. The van der Waals surface area contributed by atoms with Crippen LogP contribution >= 0.6 is 0 Å². The zero-order chi connectivity index (χ0) is 13.6. The van der Waals surface area contributed by atoms with Crippen molar-refractivity contribution in [1.82, 2.24) is 14.6 Å². The first-order valence-corrected chi connectivity index (χ1v) is 7.26. The van der Waals surface area contributed by atoms with Crippen LogP contribution < -0.4 is 10.5 Å². The molecule has 6 nitrogen and oxygen atoms in total. The summed E-state index contributed by atoms with van der Waals surface area (Å²) in [6, 6.07) is 3.00. The summed E-state index contributed by atoms with van der Waals surface area (Å²) in [5.41, 5.74) is 5.54. The quantitative estimate of drug-likeness (QED) is 0.696. The van der Waals surface area contributed by atoms with Crippen LogP contribution in [0.1, 0.15) is 12.8 Å². The second-order valence-electron chi connectivity index (χ2n) is 4.29. The standard InChI is InChI=1S/C11H20N4O2S/c1-15(2)9-4-3-8-14-18(16,17)10-6-5-7-13-11(10)12/h5-7,14H,3-4,8-9H2,1-2H3,(H2,12,13). The van der Waals surface area contributed by atoms with Crippen molar-refractivity contribution < 1.29 is 8.42 Å². The van der Waals surface area contributed by atoms with Crippen molar-refractivity contribution in [3.63, 3.8) is 0 Å². The zero-order valence-corrected chi connectivity index (χ0v) is 11.6. The molecule has 0 fully saturated rings. The fourth-order valence-corrected chi connectivity index (χ4v) is 2.62. The van der Waals surface area contributed by atoms with Crippen LogP contribution in [0.5, 0.6) is 0 Å². The number of nitrogens with zero attached hydrogens (tertiary/aromatic N) is 2. The highest BCUT2D eigenvalue weighted by molar-refractivity contribution is 7.89. The number of anilines is 1. The van der Waals surface area contributed by atoms with E-state index in [2.05, 4.69) is 14.6 Å². The normalized spacial score (nSPS) is 11.9. The number of aromatic nitrogens is 1. The van der Waals surface area contributed by atoms with E-state index in [1.165, 1.54) is 12.3 Å². The van der Waals surface area contributed by atoms with Gasteiger partial charge >= 0.3 is 0 Å². The maximum atomic E-state index is 11.9. The van der Waals surface area contributed by atoms with Gasteiger partial charge in [0.15, 0.2) is 0 Å². The SMILES string of the molecule is CN(C)CCCCNS(=O)(=O)c1cccnc1N. The van der Waals surface area contributed by atoms with Gasteiger partial charge in [-0.15, -0.1) is 0 Å². The summed E-state index contributed by atoms with van der Waals surface area (Å²) < 4.78 is 26.3. The highest BCUT2D eigenvalue weighted by atomic mass is 32.2. The Balaban J connectivity index is 2.49. The van der Waals surface area contributed by atoms with E-state index in [9.17, 15) is 8.42 Å². The van der Waals surface area contributed by atoms with Crippen molar-refractivity contribution >= 4 is 15.8 Å². The van der Waals surface area contributed by atoms with Crippen LogP contribution in [0, 0.1) is 0 Å². The Morgan fingerprint density at radius 3 is 2.72 bits per heavy atom. The van der Waals surface area contributed by atoms with Gasteiger partial charge in [-0.05, 0) is 45.6 Å². The number of nitrogens with two attached hydrogens (primary N) is 1. The molecule has 0 aromatic carbocycles. The van der Waals surface area contributed by atoms with Crippen LogP contribution in [0.15, 0.2) is 23.2 Å². The van der Waals surface area contributed by atoms with E-state index in [1.54, 1.807) is 6.07 Å². The molecule has 102 valence electrons. The second-order valence-corrected chi connectivity index (χ2v) is 6.03. The van der Waals surface area contributed by atoms with Gasteiger partial charge in [0.25, 0.3) is 0 Å². The Labute approximate surface area is 108 Å². The van der Waals surface area contributed by atoms with E-state index in [-0.39, 0.29) is 10.7 Å². The molecule has 0 saturated heterocycles. The minimum Gasteiger partial charge on any atom is -0.383 e. The van der Waals surface area contributed by atoms with Gasteiger partial charge in [-0.25, -0.2) is 18.1 Å². The fraction of sp³-hybridized carbons (Fsp3) is 0.545. The lowest BCUT2D eigenvalue weighted by Gasteiger charge is -2.10. The number of unbranched alkanes of at least 4 members (excludes halogenated alkanes) is 1. The van der Waals surface area contributed by atoms with Crippen molar-refractivity contribution in [2.45, 2.75) is 17.7 Å². The van der Waals surface area contributed by atoms with Gasteiger partial charge in [-0.1, -0.05) is 0 Å². The molecule has 1 rings (SSSR count). The molecular weight excluding hydrogens is 252 g/mol. The molecule has 0 radical (unpaired) electrons. The minimum absolute atomic E-state index is 0.0262. The van der Waals surface area contributed by atoms with Gasteiger partial charge in [0.05, 0.1) is 0 Å². The summed E-state index contributed by atoms with van der Waals surface area (Å²) in [5.74, 6) is 0.0262. The van der Waals surface area contributed by atoms with E-state index >= 15 is 0 Å². The molecule has 1 aromatic heterocycles. The molecule has 0 spiro atoms. The largest absolute Gasteiger partial charge is 0.383 e. The van der Waals surface area contributed by atoms with Gasteiger partial charge in [-0.2, -0.15) is 0 Å². The maximum Gasteiger partial charge on any atom is 0.244 e. The molecule has 7 heteroatoms. The van der Waals surface area contributed by atoms with E-state index in [1.807, 2.05) is 14.1 Å². The van der Waals surface area contributed by atoms with Crippen molar-refractivity contribution in [2.75, 3.05) is 32.9 Å². The van der Waals surface area contributed by atoms with Crippen LogP contribution in [0.3, 0.4) is 0 Å². The summed E-state index contributed by atoms with van der Waals surface area (Å²) >= 11 is 0.